The van der Waals surface area contributed by atoms with Gasteiger partial charge in [0.25, 0.3) is 10.0 Å². The number of nitrogens with zero attached hydrogens (tertiary/aromatic N) is 2. The van der Waals surface area contributed by atoms with Crippen LogP contribution >= 0.6 is 11.3 Å². The lowest BCUT2D eigenvalue weighted by atomic mass is 10.2. The smallest absolute Gasteiger partial charge is 0.263 e. The van der Waals surface area contributed by atoms with Crippen molar-refractivity contribution in [1.82, 2.24) is 10.2 Å². The van der Waals surface area contributed by atoms with Gasteiger partial charge in [-0.2, -0.15) is 0 Å². The van der Waals surface area contributed by atoms with Gasteiger partial charge in [0, 0.05) is 5.56 Å². The second-order valence-electron chi connectivity index (χ2n) is 5.06. The van der Waals surface area contributed by atoms with Gasteiger partial charge in [0.1, 0.15) is 10.8 Å². The van der Waals surface area contributed by atoms with Gasteiger partial charge in [-0.15, -0.1) is 10.2 Å². The molecule has 0 amide bonds. The van der Waals surface area contributed by atoms with Gasteiger partial charge in [0.15, 0.2) is 0 Å². The standard InChI is InChI=1S/C16H15N3O3S2/c1-11-3-5-12(6-4-11)15-17-18-16(23-15)19-24(20,21)14-9-7-13(22-2)8-10-14/h3-10H,1-2H3,(H,18,19). The van der Waals surface area contributed by atoms with Crippen LogP contribution in [0.25, 0.3) is 10.6 Å². The number of sulfonamides is 1. The van der Waals surface area contributed by atoms with E-state index in [9.17, 15) is 8.42 Å². The number of nitrogens with one attached hydrogen (secondary N) is 1. The van der Waals surface area contributed by atoms with Crippen LogP contribution in [-0.2, 0) is 10.0 Å². The third-order valence-corrected chi connectivity index (χ3v) is 5.69. The summed E-state index contributed by atoms with van der Waals surface area (Å²) in [4.78, 5) is 0.135. The quantitative estimate of drug-likeness (QED) is 0.754. The van der Waals surface area contributed by atoms with E-state index in [1.54, 1.807) is 12.1 Å². The van der Waals surface area contributed by atoms with Gasteiger partial charge in [-0.1, -0.05) is 41.2 Å². The average Bonchev–Trinajstić information content (AvgIpc) is 3.03. The molecule has 124 valence electrons. The number of hydrogen-bond acceptors (Lipinski definition) is 6. The maximum atomic E-state index is 12.4. The normalized spacial score (nSPS) is 11.2. The Kier molecular flexibility index (Phi) is 4.50. The second kappa shape index (κ2) is 6.58. The van der Waals surface area contributed by atoms with Gasteiger partial charge in [0.05, 0.1) is 12.0 Å². The van der Waals surface area contributed by atoms with Crippen LogP contribution in [0.1, 0.15) is 5.56 Å². The van der Waals surface area contributed by atoms with Crippen LogP contribution in [0.5, 0.6) is 5.75 Å². The molecule has 0 fully saturated rings. The van der Waals surface area contributed by atoms with Crippen molar-refractivity contribution < 1.29 is 13.2 Å². The minimum Gasteiger partial charge on any atom is -0.497 e. The van der Waals surface area contributed by atoms with E-state index in [-0.39, 0.29) is 10.0 Å². The van der Waals surface area contributed by atoms with Crippen LogP contribution in [0.3, 0.4) is 0 Å². The summed E-state index contributed by atoms with van der Waals surface area (Å²) in [5.74, 6) is 0.589. The van der Waals surface area contributed by atoms with Crippen LogP contribution in [0.2, 0.25) is 0 Å². The molecule has 0 spiro atoms. The summed E-state index contributed by atoms with van der Waals surface area (Å²) in [6.07, 6.45) is 0. The molecule has 3 aromatic rings. The van der Waals surface area contributed by atoms with Crippen molar-refractivity contribution in [3.05, 3.63) is 54.1 Å². The van der Waals surface area contributed by atoms with E-state index in [1.807, 2.05) is 31.2 Å². The van der Waals surface area contributed by atoms with Gasteiger partial charge in [0.2, 0.25) is 5.13 Å². The van der Waals surface area contributed by atoms with E-state index in [4.69, 9.17) is 4.74 Å². The first kappa shape index (κ1) is 16.4. The number of hydrogen-bond donors (Lipinski definition) is 1. The van der Waals surface area contributed by atoms with Gasteiger partial charge in [-0.3, -0.25) is 4.72 Å². The molecule has 6 nitrogen and oxygen atoms in total. The van der Waals surface area contributed by atoms with Gasteiger partial charge >= 0.3 is 0 Å². The maximum absolute atomic E-state index is 12.4. The zero-order valence-electron chi connectivity index (χ0n) is 13.1. The molecule has 24 heavy (non-hydrogen) atoms. The summed E-state index contributed by atoms with van der Waals surface area (Å²) in [5, 5.41) is 8.83. The van der Waals surface area contributed by atoms with E-state index in [1.165, 1.54) is 30.6 Å². The molecule has 1 heterocycles. The topological polar surface area (TPSA) is 81.2 Å². The van der Waals surface area contributed by atoms with E-state index in [2.05, 4.69) is 14.9 Å². The van der Waals surface area contributed by atoms with Crippen LogP contribution in [0.4, 0.5) is 5.13 Å². The van der Waals surface area contributed by atoms with Crippen molar-refractivity contribution in [2.75, 3.05) is 11.8 Å². The van der Waals surface area contributed by atoms with Crippen molar-refractivity contribution >= 4 is 26.5 Å². The molecule has 0 aliphatic heterocycles. The highest BCUT2D eigenvalue weighted by atomic mass is 32.2. The summed E-state index contributed by atoms with van der Waals surface area (Å²) < 4.78 is 32.2. The molecule has 0 aliphatic carbocycles. The summed E-state index contributed by atoms with van der Waals surface area (Å²) in [6, 6.07) is 13.9. The lowest BCUT2D eigenvalue weighted by Gasteiger charge is -2.05. The first-order valence-electron chi connectivity index (χ1n) is 7.05. The fourth-order valence-corrected chi connectivity index (χ4v) is 3.99. The van der Waals surface area contributed by atoms with Crippen molar-refractivity contribution in [2.45, 2.75) is 11.8 Å². The predicted molar refractivity (Wildman–Crippen MR) is 93.9 cm³/mol. The molecule has 8 heteroatoms. The first-order chi connectivity index (χ1) is 11.5. The fraction of sp³-hybridized carbons (Fsp3) is 0.125. The van der Waals surface area contributed by atoms with Crippen LogP contribution in [-0.4, -0.2) is 25.7 Å². The Hall–Kier alpha value is -2.45. The number of rotatable bonds is 5. The minimum absolute atomic E-state index is 0.135. The number of methoxy groups -OCH3 is 1. The molecular weight excluding hydrogens is 346 g/mol. The molecule has 0 unspecified atom stereocenters. The van der Waals surface area contributed by atoms with Crippen molar-refractivity contribution in [3.8, 4) is 16.3 Å². The predicted octanol–water partition coefficient (Wildman–Crippen LogP) is 3.32. The molecule has 0 radical (unpaired) electrons. The average molecular weight is 361 g/mol. The molecule has 0 atom stereocenters. The third-order valence-electron chi connectivity index (χ3n) is 3.31. The second-order valence-corrected chi connectivity index (χ2v) is 7.72. The maximum Gasteiger partial charge on any atom is 0.263 e. The number of aryl methyl sites for hydroxylation is 1. The third kappa shape index (κ3) is 3.55. The molecule has 0 aliphatic rings. The Balaban J connectivity index is 1.81. The number of ether oxygens (including phenoxy) is 1. The van der Waals surface area contributed by atoms with Gasteiger partial charge < -0.3 is 4.74 Å². The number of benzene rings is 2. The minimum atomic E-state index is -3.71. The van der Waals surface area contributed by atoms with Crippen LogP contribution < -0.4 is 9.46 Å². The fourth-order valence-electron chi connectivity index (χ4n) is 2.01. The van der Waals surface area contributed by atoms with Crippen molar-refractivity contribution in [2.24, 2.45) is 0 Å². The SMILES string of the molecule is COc1ccc(S(=O)(=O)Nc2nnc(-c3ccc(C)cc3)s2)cc1. The highest BCUT2D eigenvalue weighted by Gasteiger charge is 2.17. The Bertz CT molecular complexity index is 933. The van der Waals surface area contributed by atoms with Gasteiger partial charge in [-0.25, -0.2) is 8.42 Å². The lowest BCUT2D eigenvalue weighted by molar-refractivity contribution is 0.414. The summed E-state index contributed by atoms with van der Waals surface area (Å²) in [5.41, 5.74) is 2.04. The molecule has 0 bridgehead atoms. The van der Waals surface area contributed by atoms with E-state index in [0.29, 0.717) is 10.8 Å². The Morgan fingerprint density at radius 1 is 1.00 bits per heavy atom. The molecule has 1 aromatic heterocycles. The zero-order chi connectivity index (χ0) is 17.2. The Morgan fingerprint density at radius 3 is 2.29 bits per heavy atom. The van der Waals surface area contributed by atoms with Crippen LogP contribution in [0, 0.1) is 6.92 Å². The monoisotopic (exact) mass is 361 g/mol. The molecular formula is C16H15N3O3S2. The van der Waals surface area contributed by atoms with E-state index in [0.717, 1.165) is 11.1 Å². The number of aromatic nitrogens is 2. The molecule has 1 N–H and O–H groups in total. The molecule has 2 aromatic carbocycles. The molecule has 3 rings (SSSR count). The summed E-state index contributed by atoms with van der Waals surface area (Å²) in [6.45, 7) is 2.00. The highest BCUT2D eigenvalue weighted by Crippen LogP contribution is 2.28. The number of anilines is 1. The highest BCUT2D eigenvalue weighted by molar-refractivity contribution is 7.93. The molecule has 0 saturated carbocycles. The van der Waals surface area contributed by atoms with Crippen LogP contribution in [0.15, 0.2) is 53.4 Å². The van der Waals surface area contributed by atoms with E-state index < -0.39 is 10.0 Å². The largest absolute Gasteiger partial charge is 0.497 e. The summed E-state index contributed by atoms with van der Waals surface area (Å²) in [7, 11) is -2.19. The van der Waals surface area contributed by atoms with Gasteiger partial charge in [-0.05, 0) is 31.2 Å². The Morgan fingerprint density at radius 2 is 1.67 bits per heavy atom. The van der Waals surface area contributed by atoms with E-state index >= 15 is 0 Å². The zero-order valence-corrected chi connectivity index (χ0v) is 14.7. The first-order valence-corrected chi connectivity index (χ1v) is 9.35. The van der Waals surface area contributed by atoms with Crippen molar-refractivity contribution in [1.29, 1.82) is 0 Å². The Labute approximate surface area is 144 Å². The lowest BCUT2D eigenvalue weighted by Crippen LogP contribution is -2.12. The van der Waals surface area contributed by atoms with Crippen molar-refractivity contribution in [3.63, 3.8) is 0 Å². The molecule has 0 saturated heterocycles. The summed E-state index contributed by atoms with van der Waals surface area (Å²) >= 11 is 1.18.